The molecule has 1 N–H and O–H groups in total. The van der Waals surface area contributed by atoms with Gasteiger partial charge in [0.15, 0.2) is 11.6 Å². The summed E-state index contributed by atoms with van der Waals surface area (Å²) in [7, 11) is 1.92. The lowest BCUT2D eigenvalue weighted by atomic mass is 10.1. The minimum atomic E-state index is -0.395. The van der Waals surface area contributed by atoms with E-state index in [1.165, 1.54) is 6.07 Å². The Morgan fingerprint density at radius 2 is 2.30 bits per heavy atom. The van der Waals surface area contributed by atoms with Gasteiger partial charge in [-0.1, -0.05) is 12.1 Å². The number of rotatable bonds is 5. The maximum atomic E-state index is 13.3. The minimum Gasteiger partial charge on any atom is -0.490 e. The van der Waals surface area contributed by atoms with Crippen LogP contribution in [0.2, 0.25) is 0 Å². The molecule has 1 fully saturated rings. The summed E-state index contributed by atoms with van der Waals surface area (Å²) in [6, 6.07) is 6.61. The van der Waals surface area contributed by atoms with Crippen LogP contribution in [0.15, 0.2) is 24.3 Å². The van der Waals surface area contributed by atoms with Gasteiger partial charge in [0.2, 0.25) is 5.91 Å². The Labute approximate surface area is 118 Å². The molecular formula is C15H21FN2O2. The molecule has 1 saturated heterocycles. The summed E-state index contributed by atoms with van der Waals surface area (Å²) in [6.45, 7) is 1.76. The van der Waals surface area contributed by atoms with E-state index in [4.69, 9.17) is 4.74 Å². The molecule has 1 aromatic rings. The molecule has 110 valence electrons. The predicted octanol–water partition coefficient (Wildman–Crippen LogP) is 1.80. The highest BCUT2D eigenvalue weighted by Gasteiger charge is 2.22. The van der Waals surface area contributed by atoms with Crippen LogP contribution in [0.3, 0.4) is 0 Å². The molecule has 1 unspecified atom stereocenters. The molecule has 1 aliphatic heterocycles. The Morgan fingerprint density at radius 1 is 1.50 bits per heavy atom. The topological polar surface area (TPSA) is 41.6 Å². The fraction of sp³-hybridized carbons (Fsp3) is 0.533. The third-order valence-electron chi connectivity index (χ3n) is 3.59. The Kier molecular flexibility index (Phi) is 5.35. The lowest BCUT2D eigenvalue weighted by molar-refractivity contribution is -0.133. The van der Waals surface area contributed by atoms with E-state index in [-0.39, 0.29) is 24.7 Å². The first-order chi connectivity index (χ1) is 9.70. The van der Waals surface area contributed by atoms with Gasteiger partial charge < -0.3 is 15.0 Å². The number of carbonyl (C=O) groups excluding carboxylic acids is 1. The second kappa shape index (κ2) is 7.24. The molecule has 5 heteroatoms. The normalized spacial score (nSPS) is 18.9. The maximum Gasteiger partial charge on any atom is 0.226 e. The standard InChI is InChI=1S/C15H21FN2O2/c1-17-12-5-4-9-18(11-12)15(19)8-10-20-14-7-3-2-6-13(14)16/h2-3,6-7,12,17H,4-5,8-11H2,1H3. The van der Waals surface area contributed by atoms with Gasteiger partial charge >= 0.3 is 0 Å². The summed E-state index contributed by atoms with van der Waals surface area (Å²) >= 11 is 0. The van der Waals surface area contributed by atoms with E-state index in [2.05, 4.69) is 5.32 Å². The second-order valence-corrected chi connectivity index (χ2v) is 5.00. The zero-order chi connectivity index (χ0) is 14.4. The van der Waals surface area contributed by atoms with E-state index in [9.17, 15) is 9.18 Å². The quantitative estimate of drug-likeness (QED) is 0.894. The predicted molar refractivity (Wildman–Crippen MR) is 75.2 cm³/mol. The fourth-order valence-corrected chi connectivity index (χ4v) is 2.41. The number of likely N-dealkylation sites (tertiary alicyclic amines) is 1. The molecule has 0 aliphatic carbocycles. The minimum absolute atomic E-state index is 0.0706. The molecule has 2 rings (SSSR count). The smallest absolute Gasteiger partial charge is 0.226 e. The molecule has 1 atom stereocenters. The van der Waals surface area contributed by atoms with E-state index in [0.29, 0.717) is 6.04 Å². The molecule has 0 radical (unpaired) electrons. The van der Waals surface area contributed by atoms with Crippen molar-refractivity contribution in [3.05, 3.63) is 30.1 Å². The van der Waals surface area contributed by atoms with Crippen LogP contribution >= 0.6 is 0 Å². The van der Waals surface area contributed by atoms with Gasteiger partial charge in [0.25, 0.3) is 0 Å². The van der Waals surface area contributed by atoms with E-state index in [0.717, 1.165) is 25.9 Å². The van der Waals surface area contributed by atoms with Crippen molar-refractivity contribution < 1.29 is 13.9 Å². The molecule has 0 bridgehead atoms. The van der Waals surface area contributed by atoms with E-state index in [1.807, 2.05) is 11.9 Å². The number of ether oxygens (including phenoxy) is 1. The summed E-state index contributed by atoms with van der Waals surface area (Å²) in [5, 5.41) is 3.20. The summed E-state index contributed by atoms with van der Waals surface area (Å²) in [6.07, 6.45) is 2.40. The molecule has 0 saturated carbocycles. The van der Waals surface area contributed by atoms with Crippen molar-refractivity contribution in [1.29, 1.82) is 0 Å². The number of halogens is 1. The van der Waals surface area contributed by atoms with Gasteiger partial charge in [-0.05, 0) is 32.0 Å². The Hall–Kier alpha value is -1.62. The van der Waals surface area contributed by atoms with Gasteiger partial charge in [-0.15, -0.1) is 0 Å². The molecule has 1 aromatic carbocycles. The lowest BCUT2D eigenvalue weighted by Gasteiger charge is -2.32. The average molecular weight is 280 g/mol. The fourth-order valence-electron chi connectivity index (χ4n) is 2.41. The van der Waals surface area contributed by atoms with Crippen molar-refractivity contribution in [2.75, 3.05) is 26.7 Å². The SMILES string of the molecule is CNC1CCCN(C(=O)CCOc2ccccc2F)C1. The summed E-state index contributed by atoms with van der Waals surface area (Å²) in [5.74, 6) is -0.124. The van der Waals surface area contributed by atoms with E-state index < -0.39 is 5.82 Å². The van der Waals surface area contributed by atoms with Crippen LogP contribution in [0.1, 0.15) is 19.3 Å². The lowest BCUT2D eigenvalue weighted by Crippen LogP contribution is -2.47. The number of hydrogen-bond donors (Lipinski definition) is 1. The monoisotopic (exact) mass is 280 g/mol. The van der Waals surface area contributed by atoms with Gasteiger partial charge in [-0.3, -0.25) is 4.79 Å². The van der Waals surface area contributed by atoms with Gasteiger partial charge in [0.1, 0.15) is 0 Å². The summed E-state index contributed by atoms with van der Waals surface area (Å²) in [4.78, 5) is 13.9. The number of nitrogens with zero attached hydrogens (tertiary/aromatic N) is 1. The van der Waals surface area contributed by atoms with Crippen LogP contribution < -0.4 is 10.1 Å². The number of carbonyl (C=O) groups is 1. The molecular weight excluding hydrogens is 259 g/mol. The zero-order valence-corrected chi connectivity index (χ0v) is 11.8. The van der Waals surface area contributed by atoms with Crippen molar-refractivity contribution in [2.24, 2.45) is 0 Å². The van der Waals surface area contributed by atoms with Gasteiger partial charge in [-0.2, -0.15) is 0 Å². The van der Waals surface area contributed by atoms with Crippen molar-refractivity contribution in [1.82, 2.24) is 10.2 Å². The molecule has 0 aromatic heterocycles. The van der Waals surface area contributed by atoms with Crippen LogP contribution in [-0.4, -0.2) is 43.6 Å². The number of hydrogen-bond acceptors (Lipinski definition) is 3. The number of amides is 1. The van der Waals surface area contributed by atoms with Crippen molar-refractivity contribution in [3.63, 3.8) is 0 Å². The molecule has 1 aliphatic rings. The van der Waals surface area contributed by atoms with Crippen molar-refractivity contribution in [2.45, 2.75) is 25.3 Å². The van der Waals surface area contributed by atoms with Crippen LogP contribution in [0.4, 0.5) is 4.39 Å². The van der Waals surface area contributed by atoms with Crippen molar-refractivity contribution in [3.8, 4) is 5.75 Å². The highest BCUT2D eigenvalue weighted by atomic mass is 19.1. The number of likely N-dealkylation sites (N-methyl/N-ethyl adjacent to an activating group) is 1. The number of nitrogens with one attached hydrogen (secondary N) is 1. The molecule has 4 nitrogen and oxygen atoms in total. The third kappa shape index (κ3) is 3.93. The van der Waals surface area contributed by atoms with E-state index >= 15 is 0 Å². The van der Waals surface area contributed by atoms with Crippen LogP contribution in [0, 0.1) is 5.82 Å². The first-order valence-electron chi connectivity index (χ1n) is 7.03. The van der Waals surface area contributed by atoms with Crippen LogP contribution in [-0.2, 0) is 4.79 Å². The van der Waals surface area contributed by atoms with Gasteiger partial charge in [0, 0.05) is 19.1 Å². The first kappa shape index (κ1) is 14.8. The second-order valence-electron chi connectivity index (χ2n) is 5.00. The van der Waals surface area contributed by atoms with Gasteiger partial charge in [0.05, 0.1) is 13.0 Å². The average Bonchev–Trinajstić information content (AvgIpc) is 2.49. The molecule has 1 amide bonds. The van der Waals surface area contributed by atoms with Gasteiger partial charge in [-0.25, -0.2) is 4.39 Å². The first-order valence-corrected chi connectivity index (χ1v) is 7.03. The molecule has 20 heavy (non-hydrogen) atoms. The highest BCUT2D eigenvalue weighted by molar-refractivity contribution is 5.76. The number of para-hydroxylation sites is 1. The van der Waals surface area contributed by atoms with Crippen LogP contribution in [0.5, 0.6) is 5.75 Å². The number of piperidine rings is 1. The maximum absolute atomic E-state index is 13.3. The van der Waals surface area contributed by atoms with E-state index in [1.54, 1.807) is 18.2 Å². The Morgan fingerprint density at radius 3 is 3.05 bits per heavy atom. The Balaban J connectivity index is 1.76. The Bertz CT molecular complexity index is 453. The third-order valence-corrected chi connectivity index (χ3v) is 3.59. The summed E-state index contributed by atoms with van der Waals surface area (Å²) in [5.41, 5.74) is 0. The molecule has 0 spiro atoms. The number of benzene rings is 1. The largest absolute Gasteiger partial charge is 0.490 e. The summed E-state index contributed by atoms with van der Waals surface area (Å²) < 4.78 is 18.7. The molecule has 1 heterocycles. The zero-order valence-electron chi connectivity index (χ0n) is 11.8. The highest BCUT2D eigenvalue weighted by Crippen LogP contribution is 2.16. The van der Waals surface area contributed by atoms with Crippen LogP contribution in [0.25, 0.3) is 0 Å². The van der Waals surface area contributed by atoms with Crippen molar-refractivity contribution >= 4 is 5.91 Å².